The maximum absolute atomic E-state index is 14.3. The van der Waals surface area contributed by atoms with Crippen LogP contribution in [0.3, 0.4) is 0 Å². The first-order chi connectivity index (χ1) is 13.4. The number of hydrogen-bond donors (Lipinski definition) is 1. The number of nitrogens with zero attached hydrogens (tertiary/aromatic N) is 3. The van der Waals surface area contributed by atoms with Gasteiger partial charge in [-0.3, -0.25) is 14.9 Å². The quantitative estimate of drug-likeness (QED) is 0.257. The van der Waals surface area contributed by atoms with E-state index in [1.165, 1.54) is 4.90 Å². The van der Waals surface area contributed by atoms with Crippen LogP contribution in [0.15, 0.2) is 0 Å². The van der Waals surface area contributed by atoms with Gasteiger partial charge in [-0.1, -0.05) is 0 Å². The molecule has 176 valence electrons. The van der Waals surface area contributed by atoms with E-state index >= 15 is 0 Å². The Balaban J connectivity index is 2.27. The number of esters is 1. The lowest BCUT2D eigenvalue weighted by molar-refractivity contribution is -0.142. The number of ether oxygens (including phenoxy) is 1. The van der Waals surface area contributed by atoms with Crippen LogP contribution >= 0.6 is 0 Å². The van der Waals surface area contributed by atoms with Crippen LogP contribution in [-0.4, -0.2) is 98.4 Å². The van der Waals surface area contributed by atoms with Gasteiger partial charge in [0.2, 0.25) is 0 Å². The van der Waals surface area contributed by atoms with E-state index in [4.69, 9.17) is 9.94 Å². The molecule has 2 heterocycles. The van der Waals surface area contributed by atoms with Gasteiger partial charge in [0.1, 0.15) is 6.04 Å². The number of carbonyl (C=O) groups excluding carboxylic acids is 1. The van der Waals surface area contributed by atoms with Crippen LogP contribution in [0, 0.1) is 0 Å². The van der Waals surface area contributed by atoms with Crippen molar-refractivity contribution in [2.24, 2.45) is 0 Å². The van der Waals surface area contributed by atoms with Gasteiger partial charge < -0.3 is 4.74 Å². The van der Waals surface area contributed by atoms with Gasteiger partial charge >= 0.3 is 36.1 Å². The number of halogens is 5. The summed E-state index contributed by atoms with van der Waals surface area (Å²) in [7, 11) is -20.8. The number of cyclic esters (lactones) is 1. The van der Waals surface area contributed by atoms with Crippen molar-refractivity contribution >= 4 is 36.0 Å². The van der Waals surface area contributed by atoms with Crippen LogP contribution in [0.2, 0.25) is 0 Å². The Morgan fingerprint density at radius 3 is 1.83 bits per heavy atom. The standard InChI is InChI=1S/C10H14F5N3O9S3/c11-9(12,13)28(21,22)18(20)30(25,26)10(14,15)29(23,24)17-4-2-16(3-5-17)7-1-6-27-8(7)19/h7,20H,1-6H2. The van der Waals surface area contributed by atoms with Crippen LogP contribution in [-0.2, 0) is 39.6 Å². The summed E-state index contributed by atoms with van der Waals surface area (Å²) in [6.45, 7) is -2.18. The lowest BCUT2D eigenvalue weighted by Crippen LogP contribution is -2.59. The highest BCUT2D eigenvalue weighted by molar-refractivity contribution is 8.12. The topological polar surface area (TPSA) is 159 Å². The van der Waals surface area contributed by atoms with Gasteiger partial charge in [-0.15, -0.1) is 0 Å². The van der Waals surface area contributed by atoms with E-state index < -0.39 is 69.1 Å². The van der Waals surface area contributed by atoms with Crippen LogP contribution in [0.4, 0.5) is 22.0 Å². The van der Waals surface area contributed by atoms with E-state index in [1.807, 2.05) is 0 Å². The van der Waals surface area contributed by atoms with E-state index in [0.717, 1.165) is 0 Å². The summed E-state index contributed by atoms with van der Waals surface area (Å²) in [4.78, 5) is 12.9. The molecular weight excluding hydrogens is 497 g/mol. The van der Waals surface area contributed by atoms with E-state index in [-0.39, 0.29) is 30.4 Å². The van der Waals surface area contributed by atoms with Gasteiger partial charge in [0.25, 0.3) is 10.0 Å². The minimum absolute atomic E-state index is 0.0817. The maximum atomic E-state index is 14.3. The lowest BCUT2D eigenvalue weighted by atomic mass is 10.2. The smallest absolute Gasteiger partial charge is 0.464 e. The van der Waals surface area contributed by atoms with Gasteiger partial charge in [0, 0.05) is 36.5 Å². The zero-order valence-electron chi connectivity index (χ0n) is 14.5. The van der Waals surface area contributed by atoms with Crippen molar-refractivity contribution in [2.45, 2.75) is 22.6 Å². The van der Waals surface area contributed by atoms with Crippen molar-refractivity contribution < 1.29 is 61.9 Å². The molecule has 1 atom stereocenters. The van der Waals surface area contributed by atoms with Gasteiger partial charge in [-0.05, 0) is 0 Å². The Morgan fingerprint density at radius 2 is 1.43 bits per heavy atom. The van der Waals surface area contributed by atoms with Crippen molar-refractivity contribution in [2.75, 3.05) is 32.8 Å². The monoisotopic (exact) mass is 511 g/mol. The molecule has 2 saturated heterocycles. The molecule has 0 radical (unpaired) electrons. The summed E-state index contributed by atoms with van der Waals surface area (Å²) < 4.78 is 131. The minimum atomic E-state index is -7.29. The normalized spacial score (nSPS) is 23.7. The molecule has 2 aliphatic heterocycles. The third-order valence-corrected chi connectivity index (χ3v) is 10.4. The fourth-order valence-electron chi connectivity index (χ4n) is 2.66. The van der Waals surface area contributed by atoms with Crippen LogP contribution in [0.1, 0.15) is 6.42 Å². The lowest BCUT2D eigenvalue weighted by Gasteiger charge is -2.37. The third-order valence-electron chi connectivity index (χ3n) is 4.27. The number of sulfonamides is 3. The second kappa shape index (κ2) is 7.74. The fraction of sp³-hybridized carbons (Fsp3) is 0.900. The molecule has 0 spiro atoms. The fourth-order valence-corrected chi connectivity index (χ4v) is 7.27. The van der Waals surface area contributed by atoms with Crippen molar-refractivity contribution in [3.8, 4) is 0 Å². The average Bonchev–Trinajstić information content (AvgIpc) is 3.05. The van der Waals surface area contributed by atoms with Crippen molar-refractivity contribution in [3.63, 3.8) is 0 Å². The molecule has 1 unspecified atom stereocenters. The summed E-state index contributed by atoms with van der Waals surface area (Å²) in [6.07, 6.45) is 0.241. The Morgan fingerprint density at radius 1 is 0.933 bits per heavy atom. The van der Waals surface area contributed by atoms with E-state index in [2.05, 4.69) is 0 Å². The summed E-state index contributed by atoms with van der Waals surface area (Å²) in [5.74, 6) is -0.632. The molecule has 0 aliphatic carbocycles. The second-order valence-electron chi connectivity index (χ2n) is 6.01. The Labute approximate surface area is 166 Å². The van der Waals surface area contributed by atoms with Crippen LogP contribution < -0.4 is 0 Å². The molecule has 20 heteroatoms. The average molecular weight is 511 g/mol. The zero-order chi connectivity index (χ0) is 23.3. The molecule has 12 nitrogen and oxygen atoms in total. The summed E-state index contributed by atoms with van der Waals surface area (Å²) in [5.41, 5.74) is -6.52. The highest BCUT2D eigenvalue weighted by Crippen LogP contribution is 2.38. The molecule has 0 aromatic carbocycles. The van der Waals surface area contributed by atoms with Crippen molar-refractivity contribution in [3.05, 3.63) is 0 Å². The predicted molar refractivity (Wildman–Crippen MR) is 83.9 cm³/mol. The zero-order valence-corrected chi connectivity index (χ0v) is 16.9. The molecule has 0 aromatic rings. The summed E-state index contributed by atoms with van der Waals surface area (Å²) in [6, 6.07) is -0.774. The molecule has 1 N–H and O–H groups in total. The number of carbonyl (C=O) groups is 1. The second-order valence-corrected chi connectivity index (χ2v) is 12.0. The molecule has 0 amide bonds. The van der Waals surface area contributed by atoms with Crippen molar-refractivity contribution in [1.82, 2.24) is 13.1 Å². The van der Waals surface area contributed by atoms with Gasteiger partial charge in [0.15, 0.2) is 0 Å². The van der Waals surface area contributed by atoms with E-state index in [9.17, 15) is 52.0 Å². The third kappa shape index (κ3) is 3.88. The first-order valence-corrected chi connectivity index (χ1v) is 12.0. The predicted octanol–water partition coefficient (Wildman–Crippen LogP) is -1.33. The van der Waals surface area contributed by atoms with E-state index in [1.54, 1.807) is 0 Å². The molecule has 0 bridgehead atoms. The highest BCUT2D eigenvalue weighted by Gasteiger charge is 2.68. The first kappa shape index (κ1) is 25.1. The first-order valence-electron chi connectivity index (χ1n) is 7.72. The van der Waals surface area contributed by atoms with Gasteiger partial charge in [-0.25, -0.2) is 16.8 Å². The molecular formula is C10H14F5N3O9S3. The molecule has 0 saturated carbocycles. The minimum Gasteiger partial charge on any atom is -0.464 e. The Bertz CT molecular complexity index is 1000. The number of rotatable bonds is 6. The molecule has 2 rings (SSSR count). The SMILES string of the molecule is O=C1OCCC1N1CCN(S(=O)(=O)C(F)(F)S(=O)(=O)N(O)S(=O)(=O)C(F)(F)F)CC1. The number of piperazine rings is 1. The van der Waals surface area contributed by atoms with Gasteiger partial charge in [-0.2, -0.15) is 34.7 Å². The largest absolute Gasteiger partial charge is 0.514 e. The number of alkyl halides is 5. The molecule has 2 aliphatic rings. The summed E-state index contributed by atoms with van der Waals surface area (Å²) >= 11 is 0. The maximum Gasteiger partial charge on any atom is 0.514 e. The molecule has 0 aromatic heterocycles. The molecule has 2 fully saturated rings. The number of hydrogen-bond acceptors (Lipinski definition) is 10. The van der Waals surface area contributed by atoms with Crippen LogP contribution in [0.5, 0.6) is 0 Å². The van der Waals surface area contributed by atoms with Gasteiger partial charge in [0.05, 0.1) is 6.61 Å². The highest BCUT2D eigenvalue weighted by atomic mass is 32.3. The van der Waals surface area contributed by atoms with Crippen molar-refractivity contribution in [1.29, 1.82) is 0 Å². The summed E-state index contributed by atoms with van der Waals surface area (Å²) in [5, 5.41) is 8.87. The Hall–Kier alpha value is -1.19. The molecule has 30 heavy (non-hydrogen) atoms. The van der Waals surface area contributed by atoms with E-state index in [0.29, 0.717) is 0 Å². The van der Waals surface area contributed by atoms with Crippen LogP contribution in [0.25, 0.3) is 0 Å². The Kier molecular flexibility index (Phi) is 6.47.